The van der Waals surface area contributed by atoms with Crippen molar-refractivity contribution in [3.63, 3.8) is 0 Å². The average molecular weight is 268 g/mol. The van der Waals surface area contributed by atoms with Gasteiger partial charge in [0.25, 0.3) is 0 Å². The normalized spacial score (nSPS) is 11.3. The lowest BCUT2D eigenvalue weighted by Crippen LogP contribution is -1.91. The number of aromatic nitrogens is 6. The first-order chi connectivity index (χ1) is 9.70. The van der Waals surface area contributed by atoms with Gasteiger partial charge in [0.2, 0.25) is 12.3 Å². The van der Waals surface area contributed by atoms with Crippen molar-refractivity contribution in [2.75, 3.05) is 0 Å². The van der Waals surface area contributed by atoms with Crippen LogP contribution < -0.4 is 0 Å². The number of aryl methyl sites for hydroxylation is 2. The van der Waals surface area contributed by atoms with Gasteiger partial charge in [-0.3, -0.25) is 4.98 Å². The number of rotatable bonds is 3. The molecule has 0 saturated heterocycles. The smallest absolute Gasteiger partial charge is 0.241 e. The fourth-order valence-corrected chi connectivity index (χ4v) is 1.84. The molecular weight excluding hydrogens is 256 g/mol. The molecule has 3 aromatic rings. The summed E-state index contributed by atoms with van der Waals surface area (Å²) in [6.45, 7) is 3.89. The Morgan fingerprint density at radius 3 is 2.70 bits per heavy atom. The maximum Gasteiger partial charge on any atom is 0.241 e. The van der Waals surface area contributed by atoms with Gasteiger partial charge in [-0.05, 0) is 26.0 Å². The molecule has 0 saturated carbocycles. The Morgan fingerprint density at radius 1 is 1.20 bits per heavy atom. The molecule has 0 atom stereocenters. The molecule has 0 aliphatic carbocycles. The molecule has 100 valence electrons. The van der Waals surface area contributed by atoms with Crippen molar-refractivity contribution in [2.24, 2.45) is 0 Å². The molecule has 20 heavy (non-hydrogen) atoms. The Morgan fingerprint density at radius 2 is 2.00 bits per heavy atom. The highest BCUT2D eigenvalue weighted by Gasteiger charge is 2.05. The Balaban J connectivity index is 1.86. The molecule has 0 amide bonds. The zero-order valence-corrected chi connectivity index (χ0v) is 11.1. The molecule has 0 aliphatic rings. The third-order valence-electron chi connectivity index (χ3n) is 2.59. The quantitative estimate of drug-likeness (QED) is 0.722. The lowest BCUT2D eigenvalue weighted by atomic mass is 10.2. The Kier molecular flexibility index (Phi) is 3.08. The first-order valence-corrected chi connectivity index (χ1v) is 6.02. The van der Waals surface area contributed by atoms with Crippen molar-refractivity contribution in [1.29, 1.82) is 0 Å². The van der Waals surface area contributed by atoms with Crippen LogP contribution in [0.2, 0.25) is 0 Å². The predicted molar refractivity (Wildman–Crippen MR) is 72.2 cm³/mol. The Labute approximate surface area is 115 Å². The largest absolute Gasteiger partial charge is 0.424 e. The molecule has 0 aliphatic heterocycles. The lowest BCUT2D eigenvalue weighted by Gasteiger charge is -1.99. The van der Waals surface area contributed by atoms with Crippen LogP contribution in [-0.2, 0) is 0 Å². The molecule has 3 heterocycles. The Hall–Kier alpha value is -2.83. The van der Waals surface area contributed by atoms with Crippen LogP contribution in [0.15, 0.2) is 29.3 Å². The second-order valence-corrected chi connectivity index (χ2v) is 4.28. The zero-order chi connectivity index (χ0) is 13.9. The standard InChI is InChI=1S/C13H12N6O/c1-9-5-11(6-10(2)16-9)13-14-7-19(18-13)4-3-12-17-15-8-20-12/h3-8H,1-2H3/b4-3-. The van der Waals surface area contributed by atoms with E-state index in [9.17, 15) is 0 Å². The third-order valence-corrected chi connectivity index (χ3v) is 2.59. The van der Waals surface area contributed by atoms with Crippen molar-refractivity contribution < 1.29 is 4.42 Å². The lowest BCUT2D eigenvalue weighted by molar-refractivity contribution is 0.542. The van der Waals surface area contributed by atoms with Crippen molar-refractivity contribution >= 4 is 12.3 Å². The van der Waals surface area contributed by atoms with E-state index in [1.165, 1.54) is 6.39 Å². The molecule has 7 nitrogen and oxygen atoms in total. The Bertz CT molecular complexity index is 724. The van der Waals surface area contributed by atoms with Crippen LogP contribution in [0, 0.1) is 13.8 Å². The van der Waals surface area contributed by atoms with E-state index >= 15 is 0 Å². The molecule has 0 fully saturated rings. The SMILES string of the molecule is Cc1cc(-c2ncn(/C=C\c3nnco3)n2)cc(C)n1. The van der Waals surface area contributed by atoms with Gasteiger partial charge in [-0.2, -0.15) is 0 Å². The summed E-state index contributed by atoms with van der Waals surface area (Å²) in [6, 6.07) is 3.91. The van der Waals surface area contributed by atoms with Crippen LogP contribution in [0.4, 0.5) is 0 Å². The van der Waals surface area contributed by atoms with E-state index in [0.29, 0.717) is 11.7 Å². The van der Waals surface area contributed by atoms with Gasteiger partial charge < -0.3 is 4.42 Å². The minimum Gasteiger partial charge on any atom is -0.424 e. The maximum absolute atomic E-state index is 5.00. The molecule has 0 aromatic carbocycles. The molecular formula is C13H12N6O. The van der Waals surface area contributed by atoms with Crippen molar-refractivity contribution in [2.45, 2.75) is 13.8 Å². The summed E-state index contributed by atoms with van der Waals surface area (Å²) in [6.07, 6.45) is 6.25. The van der Waals surface area contributed by atoms with Crippen molar-refractivity contribution in [1.82, 2.24) is 29.9 Å². The average Bonchev–Trinajstić information content (AvgIpc) is 3.07. The highest BCUT2D eigenvalue weighted by Crippen LogP contribution is 2.16. The topological polar surface area (TPSA) is 82.5 Å². The zero-order valence-electron chi connectivity index (χ0n) is 11.1. The van der Waals surface area contributed by atoms with Crippen LogP contribution in [0.3, 0.4) is 0 Å². The van der Waals surface area contributed by atoms with Crippen LogP contribution in [0.1, 0.15) is 17.3 Å². The van der Waals surface area contributed by atoms with Crippen LogP contribution in [-0.4, -0.2) is 29.9 Å². The van der Waals surface area contributed by atoms with E-state index in [1.54, 1.807) is 23.3 Å². The summed E-state index contributed by atoms with van der Waals surface area (Å²) in [4.78, 5) is 8.61. The fraction of sp³-hybridized carbons (Fsp3) is 0.154. The number of hydrogen-bond donors (Lipinski definition) is 0. The van der Waals surface area contributed by atoms with Gasteiger partial charge in [0.05, 0.1) is 0 Å². The van der Waals surface area contributed by atoms with Gasteiger partial charge >= 0.3 is 0 Å². The van der Waals surface area contributed by atoms with Gasteiger partial charge in [0.1, 0.15) is 6.33 Å². The summed E-state index contributed by atoms with van der Waals surface area (Å²) in [5.41, 5.74) is 2.83. The second-order valence-electron chi connectivity index (χ2n) is 4.28. The molecule has 0 unspecified atom stereocenters. The van der Waals surface area contributed by atoms with E-state index in [1.807, 2.05) is 26.0 Å². The van der Waals surface area contributed by atoms with Gasteiger partial charge in [-0.15, -0.1) is 15.3 Å². The summed E-state index contributed by atoms with van der Waals surface area (Å²) in [7, 11) is 0. The highest BCUT2D eigenvalue weighted by atomic mass is 16.4. The van der Waals surface area contributed by atoms with Crippen LogP contribution in [0.5, 0.6) is 0 Å². The molecule has 0 bridgehead atoms. The van der Waals surface area contributed by atoms with E-state index in [0.717, 1.165) is 17.0 Å². The van der Waals surface area contributed by atoms with Gasteiger partial charge in [0, 0.05) is 29.2 Å². The van der Waals surface area contributed by atoms with Crippen LogP contribution in [0.25, 0.3) is 23.7 Å². The predicted octanol–water partition coefficient (Wildman–Crippen LogP) is 1.97. The van der Waals surface area contributed by atoms with Gasteiger partial charge in [0.15, 0.2) is 5.82 Å². The summed E-state index contributed by atoms with van der Waals surface area (Å²) < 4.78 is 6.59. The minimum absolute atomic E-state index is 0.414. The monoisotopic (exact) mass is 268 g/mol. The third kappa shape index (κ3) is 2.61. The van der Waals surface area contributed by atoms with Gasteiger partial charge in [-0.1, -0.05) is 0 Å². The minimum atomic E-state index is 0.414. The van der Waals surface area contributed by atoms with Crippen LogP contribution >= 0.6 is 0 Å². The summed E-state index contributed by atoms with van der Waals surface area (Å²) >= 11 is 0. The van der Waals surface area contributed by atoms with Gasteiger partial charge in [-0.25, -0.2) is 9.67 Å². The second kappa shape index (κ2) is 5.04. The molecule has 3 aromatic heterocycles. The number of hydrogen-bond acceptors (Lipinski definition) is 6. The highest BCUT2D eigenvalue weighted by molar-refractivity contribution is 5.57. The fourth-order valence-electron chi connectivity index (χ4n) is 1.84. The van der Waals surface area contributed by atoms with E-state index in [-0.39, 0.29) is 0 Å². The first kappa shape index (κ1) is 12.2. The molecule has 0 N–H and O–H groups in total. The van der Waals surface area contributed by atoms with E-state index in [2.05, 4.69) is 25.3 Å². The van der Waals surface area contributed by atoms with E-state index in [4.69, 9.17) is 4.42 Å². The van der Waals surface area contributed by atoms with E-state index < -0.39 is 0 Å². The first-order valence-electron chi connectivity index (χ1n) is 6.02. The number of pyridine rings is 1. The van der Waals surface area contributed by atoms with Crippen molar-refractivity contribution in [3.8, 4) is 11.4 Å². The maximum atomic E-state index is 5.00. The molecule has 3 rings (SSSR count). The molecule has 0 spiro atoms. The van der Waals surface area contributed by atoms with Crippen molar-refractivity contribution in [3.05, 3.63) is 42.1 Å². The molecule has 7 heteroatoms. The summed E-state index contributed by atoms with van der Waals surface area (Å²) in [5.74, 6) is 1.06. The molecule has 0 radical (unpaired) electrons. The number of nitrogens with zero attached hydrogens (tertiary/aromatic N) is 6. The summed E-state index contributed by atoms with van der Waals surface area (Å²) in [5, 5.41) is 11.7.